The van der Waals surface area contributed by atoms with Gasteiger partial charge in [-0.1, -0.05) is 0 Å². The van der Waals surface area contributed by atoms with Gasteiger partial charge in [0.15, 0.2) is 0 Å². The number of hydrogen-bond acceptors (Lipinski definition) is 2. The summed E-state index contributed by atoms with van der Waals surface area (Å²) in [6.07, 6.45) is -2.79. The average molecular weight is 337 g/mol. The summed E-state index contributed by atoms with van der Waals surface area (Å²) in [5, 5.41) is 5.25. The fourth-order valence-electron chi connectivity index (χ4n) is 2.63. The van der Waals surface area contributed by atoms with Crippen LogP contribution in [-0.2, 0) is 12.7 Å². The largest absolute Gasteiger partial charge is 0.416 e. The highest BCUT2D eigenvalue weighted by atomic mass is 19.4. The molecule has 0 aliphatic carbocycles. The lowest BCUT2D eigenvalue weighted by atomic mass is 10.1. The third-order valence-electron chi connectivity index (χ3n) is 3.74. The molecule has 2 heterocycles. The molecule has 1 aromatic heterocycles. The Morgan fingerprint density at radius 1 is 1.25 bits per heavy atom. The number of fused-ring (bicyclic) bond motifs is 1. The molecule has 2 aromatic rings. The lowest BCUT2D eigenvalue weighted by Crippen LogP contribution is -2.42. The molecule has 5 nitrogen and oxygen atoms in total. The molecule has 1 unspecified atom stereocenters. The monoisotopic (exact) mass is 337 g/mol. The first-order valence-electron chi connectivity index (χ1n) is 7.24. The van der Waals surface area contributed by atoms with Gasteiger partial charge in [0, 0.05) is 24.5 Å². The lowest BCUT2D eigenvalue weighted by molar-refractivity contribution is -0.137. The average Bonchev–Trinajstić information content (AvgIpc) is 2.91. The van der Waals surface area contributed by atoms with Gasteiger partial charge in [-0.15, -0.1) is 0 Å². The predicted octanol–water partition coefficient (Wildman–Crippen LogP) is 2.89. The highest BCUT2D eigenvalue weighted by Crippen LogP contribution is 2.30. The summed E-state index contributed by atoms with van der Waals surface area (Å²) < 4.78 is 39.3. The maximum absolute atomic E-state index is 12.5. The molecule has 0 bridgehead atoms. The summed E-state index contributed by atoms with van der Waals surface area (Å²) in [5.74, 6) is -0.899. The molecule has 0 radical (unpaired) electrons. The van der Waals surface area contributed by atoms with Gasteiger partial charge in [-0.3, -0.25) is 9.59 Å². The van der Waals surface area contributed by atoms with Crippen LogP contribution in [0.5, 0.6) is 0 Å². The number of nitrogens with one attached hydrogen (secondary N) is 2. The van der Waals surface area contributed by atoms with Crippen LogP contribution >= 0.6 is 0 Å². The highest BCUT2D eigenvalue weighted by molar-refractivity contribution is 6.11. The minimum absolute atomic E-state index is 0.0387. The van der Waals surface area contributed by atoms with Gasteiger partial charge in [-0.25, -0.2) is 0 Å². The van der Waals surface area contributed by atoms with Crippen molar-refractivity contribution < 1.29 is 22.8 Å². The SMILES string of the molecule is CC1Cn2ccc(C(=O)Nc3ccc(C(F)(F)F)cc3)c2C(=O)N1. The molecule has 1 aliphatic heterocycles. The number of nitrogens with zero attached hydrogens (tertiary/aromatic N) is 1. The van der Waals surface area contributed by atoms with Crippen LogP contribution in [0.3, 0.4) is 0 Å². The molecular formula is C16H14F3N3O2. The zero-order valence-corrected chi connectivity index (χ0v) is 12.6. The van der Waals surface area contributed by atoms with E-state index in [1.807, 2.05) is 6.92 Å². The van der Waals surface area contributed by atoms with Gasteiger partial charge in [0.25, 0.3) is 11.8 Å². The van der Waals surface area contributed by atoms with E-state index in [-0.39, 0.29) is 28.9 Å². The zero-order valence-electron chi connectivity index (χ0n) is 12.6. The molecule has 3 rings (SSSR count). The topological polar surface area (TPSA) is 63.1 Å². The van der Waals surface area contributed by atoms with E-state index in [9.17, 15) is 22.8 Å². The summed E-state index contributed by atoms with van der Waals surface area (Å²) in [7, 11) is 0. The van der Waals surface area contributed by atoms with Crippen molar-refractivity contribution in [3.8, 4) is 0 Å². The molecule has 2 N–H and O–H groups in total. The number of aromatic nitrogens is 1. The molecule has 1 aromatic carbocycles. The number of alkyl halides is 3. The molecular weight excluding hydrogens is 323 g/mol. The van der Waals surface area contributed by atoms with E-state index in [0.29, 0.717) is 6.54 Å². The summed E-state index contributed by atoms with van der Waals surface area (Å²) in [6, 6.07) is 5.60. The van der Waals surface area contributed by atoms with E-state index < -0.39 is 17.6 Å². The number of carbonyl (C=O) groups is 2. The molecule has 0 fully saturated rings. The van der Waals surface area contributed by atoms with Crippen molar-refractivity contribution in [1.82, 2.24) is 9.88 Å². The number of halogens is 3. The van der Waals surface area contributed by atoms with Crippen molar-refractivity contribution in [2.75, 3.05) is 5.32 Å². The van der Waals surface area contributed by atoms with Gasteiger partial charge in [0.2, 0.25) is 0 Å². The number of hydrogen-bond donors (Lipinski definition) is 2. The van der Waals surface area contributed by atoms with Crippen molar-refractivity contribution in [3.05, 3.63) is 53.3 Å². The van der Waals surface area contributed by atoms with E-state index in [4.69, 9.17) is 0 Å². The van der Waals surface area contributed by atoms with E-state index in [2.05, 4.69) is 10.6 Å². The van der Waals surface area contributed by atoms with E-state index in [1.165, 1.54) is 18.2 Å². The fourth-order valence-corrected chi connectivity index (χ4v) is 2.63. The first-order chi connectivity index (χ1) is 11.3. The van der Waals surface area contributed by atoms with Crippen molar-refractivity contribution in [1.29, 1.82) is 0 Å². The van der Waals surface area contributed by atoms with Crippen LogP contribution in [0.4, 0.5) is 18.9 Å². The lowest BCUT2D eigenvalue weighted by Gasteiger charge is -2.23. The number of amides is 2. The number of anilines is 1. The molecule has 0 spiro atoms. The molecule has 8 heteroatoms. The van der Waals surface area contributed by atoms with Crippen LogP contribution < -0.4 is 10.6 Å². The Morgan fingerprint density at radius 3 is 2.54 bits per heavy atom. The molecule has 0 saturated carbocycles. The van der Waals surface area contributed by atoms with Gasteiger partial charge in [-0.05, 0) is 37.3 Å². The molecule has 126 valence electrons. The van der Waals surface area contributed by atoms with Gasteiger partial charge < -0.3 is 15.2 Å². The van der Waals surface area contributed by atoms with Crippen molar-refractivity contribution in [2.45, 2.75) is 25.7 Å². The van der Waals surface area contributed by atoms with Gasteiger partial charge in [0.05, 0.1) is 11.1 Å². The molecule has 2 amide bonds. The minimum Gasteiger partial charge on any atom is -0.346 e. The first kappa shape index (κ1) is 16.1. The number of carbonyl (C=O) groups excluding carboxylic acids is 2. The smallest absolute Gasteiger partial charge is 0.346 e. The minimum atomic E-state index is -4.43. The van der Waals surface area contributed by atoms with E-state index in [1.54, 1.807) is 10.8 Å². The maximum atomic E-state index is 12.5. The summed E-state index contributed by atoms with van der Waals surface area (Å²) in [6.45, 7) is 2.40. The van der Waals surface area contributed by atoms with Crippen LogP contribution in [-0.4, -0.2) is 22.4 Å². The number of rotatable bonds is 2. The maximum Gasteiger partial charge on any atom is 0.416 e. The second-order valence-electron chi connectivity index (χ2n) is 5.63. The third kappa shape index (κ3) is 2.99. The Morgan fingerprint density at radius 2 is 1.92 bits per heavy atom. The third-order valence-corrected chi connectivity index (χ3v) is 3.74. The molecule has 24 heavy (non-hydrogen) atoms. The molecule has 1 atom stereocenters. The summed E-state index contributed by atoms with van der Waals surface area (Å²) in [4.78, 5) is 24.4. The van der Waals surface area contributed by atoms with Crippen molar-refractivity contribution in [3.63, 3.8) is 0 Å². The van der Waals surface area contributed by atoms with Crippen LogP contribution in [0.1, 0.15) is 33.3 Å². The summed E-state index contributed by atoms with van der Waals surface area (Å²) in [5.41, 5.74) is -0.149. The molecule has 0 saturated heterocycles. The Hall–Kier alpha value is -2.77. The van der Waals surface area contributed by atoms with Gasteiger partial charge in [-0.2, -0.15) is 13.2 Å². The predicted molar refractivity (Wildman–Crippen MR) is 80.8 cm³/mol. The van der Waals surface area contributed by atoms with Crippen molar-refractivity contribution >= 4 is 17.5 Å². The van der Waals surface area contributed by atoms with Crippen LogP contribution in [0.2, 0.25) is 0 Å². The van der Waals surface area contributed by atoms with Crippen LogP contribution in [0.25, 0.3) is 0 Å². The Bertz CT molecular complexity index is 794. The summed E-state index contributed by atoms with van der Waals surface area (Å²) >= 11 is 0. The quantitative estimate of drug-likeness (QED) is 0.885. The Labute approximate surface area is 135 Å². The number of benzene rings is 1. The fraction of sp³-hybridized carbons (Fsp3) is 0.250. The highest BCUT2D eigenvalue weighted by Gasteiger charge is 2.30. The van der Waals surface area contributed by atoms with Crippen molar-refractivity contribution in [2.24, 2.45) is 0 Å². The standard InChI is InChI=1S/C16H14F3N3O2/c1-9-8-22-7-6-12(13(22)15(24)20-9)14(23)21-11-4-2-10(3-5-11)16(17,18)19/h2-7,9H,8H2,1H3,(H,20,24)(H,21,23). The first-order valence-corrected chi connectivity index (χ1v) is 7.24. The van der Waals surface area contributed by atoms with E-state index in [0.717, 1.165) is 12.1 Å². The zero-order chi connectivity index (χ0) is 17.5. The van der Waals surface area contributed by atoms with Gasteiger partial charge >= 0.3 is 6.18 Å². The Balaban J connectivity index is 1.80. The second kappa shape index (κ2) is 5.70. The van der Waals surface area contributed by atoms with E-state index >= 15 is 0 Å². The van der Waals surface area contributed by atoms with Crippen LogP contribution in [0, 0.1) is 0 Å². The van der Waals surface area contributed by atoms with Crippen LogP contribution in [0.15, 0.2) is 36.5 Å². The van der Waals surface area contributed by atoms with Gasteiger partial charge in [0.1, 0.15) is 5.69 Å². The second-order valence-corrected chi connectivity index (χ2v) is 5.63. The normalized spacial score (nSPS) is 17.2. The Kier molecular flexibility index (Phi) is 3.82. The molecule has 1 aliphatic rings.